The Morgan fingerprint density at radius 1 is 1.11 bits per heavy atom. The van der Waals surface area contributed by atoms with Gasteiger partial charge < -0.3 is 0 Å². The van der Waals surface area contributed by atoms with Crippen molar-refractivity contribution in [1.29, 1.82) is 0 Å². The van der Waals surface area contributed by atoms with Crippen LogP contribution in [0.2, 0.25) is 0 Å². The lowest BCUT2D eigenvalue weighted by Gasteiger charge is -2.31. The zero-order valence-corrected chi connectivity index (χ0v) is 18.1. The fourth-order valence-corrected chi connectivity index (χ4v) is 5.21. The van der Waals surface area contributed by atoms with Crippen molar-refractivity contribution in [3.05, 3.63) is 52.2 Å². The number of hydrogen-bond donors (Lipinski definition) is 1. The van der Waals surface area contributed by atoms with E-state index in [1.54, 1.807) is 23.5 Å². The van der Waals surface area contributed by atoms with Gasteiger partial charge >= 0.3 is 0 Å². The highest BCUT2D eigenvalue weighted by Crippen LogP contribution is 2.24. The van der Waals surface area contributed by atoms with E-state index in [0.717, 1.165) is 38.0 Å². The molecule has 1 aliphatic heterocycles. The molecule has 1 aliphatic rings. The summed E-state index contributed by atoms with van der Waals surface area (Å²) < 4.78 is 28.0. The first-order valence-electron chi connectivity index (χ1n) is 9.58. The Kier molecular flexibility index (Phi) is 6.41. The predicted octanol–water partition coefficient (Wildman–Crippen LogP) is 4.24. The van der Waals surface area contributed by atoms with Gasteiger partial charge in [0.25, 0.3) is 0 Å². The molecular weight excluding hydrogens is 376 g/mol. The minimum Gasteiger partial charge on any atom is -0.299 e. The molecule has 0 radical (unpaired) electrons. The molecule has 0 aliphatic carbocycles. The third-order valence-electron chi connectivity index (χ3n) is 5.29. The molecule has 1 saturated heterocycles. The van der Waals surface area contributed by atoms with Crippen LogP contribution in [0.25, 0.3) is 0 Å². The number of rotatable bonds is 6. The van der Waals surface area contributed by atoms with E-state index < -0.39 is 10.0 Å². The van der Waals surface area contributed by atoms with E-state index in [2.05, 4.69) is 47.2 Å². The topological polar surface area (TPSA) is 49.4 Å². The molecule has 2 heterocycles. The molecule has 148 valence electrons. The van der Waals surface area contributed by atoms with Crippen LogP contribution in [0.3, 0.4) is 0 Å². The van der Waals surface area contributed by atoms with E-state index in [1.807, 2.05) is 12.1 Å². The highest BCUT2D eigenvalue weighted by molar-refractivity contribution is 7.89. The predicted molar refractivity (Wildman–Crippen MR) is 113 cm³/mol. The summed E-state index contributed by atoms with van der Waals surface area (Å²) in [5.41, 5.74) is 2.53. The van der Waals surface area contributed by atoms with Gasteiger partial charge in [-0.15, -0.1) is 0 Å². The SMILES string of the molecule is CC(C)(C)c1ccc(S(=O)(=O)NCC2CCN(Cc3ccsc3)CC2)cc1. The van der Waals surface area contributed by atoms with Crippen LogP contribution in [0.1, 0.15) is 44.7 Å². The van der Waals surface area contributed by atoms with Crippen molar-refractivity contribution in [3.63, 3.8) is 0 Å². The molecule has 0 amide bonds. The second-order valence-electron chi connectivity index (χ2n) is 8.48. The van der Waals surface area contributed by atoms with Crippen molar-refractivity contribution >= 4 is 21.4 Å². The van der Waals surface area contributed by atoms with Gasteiger partial charge in [-0.25, -0.2) is 13.1 Å². The Bertz CT molecular complexity index is 814. The quantitative estimate of drug-likeness (QED) is 0.781. The Balaban J connectivity index is 1.49. The standard InChI is InChI=1S/C21H30N2O2S2/c1-21(2,3)19-4-6-20(7-5-19)27(24,25)22-14-17-8-11-23(12-9-17)15-18-10-13-26-16-18/h4-7,10,13,16-17,22H,8-9,11-12,14-15H2,1-3H3. The van der Waals surface area contributed by atoms with Crippen molar-refractivity contribution in [1.82, 2.24) is 9.62 Å². The Morgan fingerprint density at radius 2 is 1.78 bits per heavy atom. The average molecular weight is 407 g/mol. The molecule has 0 atom stereocenters. The zero-order chi connectivity index (χ0) is 19.5. The minimum absolute atomic E-state index is 0.0205. The molecule has 3 rings (SSSR count). The van der Waals surface area contributed by atoms with E-state index in [9.17, 15) is 8.42 Å². The molecule has 27 heavy (non-hydrogen) atoms. The fourth-order valence-electron chi connectivity index (χ4n) is 3.43. The van der Waals surface area contributed by atoms with Crippen molar-refractivity contribution in [2.45, 2.75) is 50.5 Å². The van der Waals surface area contributed by atoms with Crippen molar-refractivity contribution in [2.75, 3.05) is 19.6 Å². The van der Waals surface area contributed by atoms with E-state index in [-0.39, 0.29) is 5.41 Å². The summed E-state index contributed by atoms with van der Waals surface area (Å²) in [5, 5.41) is 4.32. The van der Waals surface area contributed by atoms with Crippen LogP contribution in [0.5, 0.6) is 0 Å². The van der Waals surface area contributed by atoms with Crippen LogP contribution in [-0.4, -0.2) is 33.0 Å². The molecular formula is C21H30N2O2S2. The van der Waals surface area contributed by atoms with Gasteiger partial charge in [-0.1, -0.05) is 32.9 Å². The van der Waals surface area contributed by atoms with Crippen LogP contribution < -0.4 is 4.72 Å². The Labute approximate surface area is 167 Å². The van der Waals surface area contributed by atoms with Crippen LogP contribution in [-0.2, 0) is 22.0 Å². The minimum atomic E-state index is -3.44. The largest absolute Gasteiger partial charge is 0.299 e. The number of hydrogen-bond acceptors (Lipinski definition) is 4. The lowest BCUT2D eigenvalue weighted by molar-refractivity contribution is 0.179. The van der Waals surface area contributed by atoms with Gasteiger partial charge in [0.05, 0.1) is 4.90 Å². The Morgan fingerprint density at radius 3 is 2.33 bits per heavy atom. The summed E-state index contributed by atoms with van der Waals surface area (Å²) in [4.78, 5) is 2.81. The van der Waals surface area contributed by atoms with Crippen molar-refractivity contribution < 1.29 is 8.42 Å². The van der Waals surface area contributed by atoms with Crippen molar-refractivity contribution in [2.24, 2.45) is 5.92 Å². The van der Waals surface area contributed by atoms with Gasteiger partial charge in [0, 0.05) is 13.1 Å². The van der Waals surface area contributed by atoms with Gasteiger partial charge in [-0.3, -0.25) is 4.90 Å². The molecule has 2 aromatic rings. The lowest BCUT2D eigenvalue weighted by Crippen LogP contribution is -2.38. The summed E-state index contributed by atoms with van der Waals surface area (Å²) in [7, 11) is -3.44. The molecule has 6 heteroatoms. The first-order chi connectivity index (χ1) is 12.7. The Hall–Kier alpha value is -1.21. The molecule has 1 fully saturated rings. The van der Waals surface area contributed by atoms with Gasteiger partial charge in [0.1, 0.15) is 0 Å². The van der Waals surface area contributed by atoms with Crippen LogP contribution in [0.4, 0.5) is 0 Å². The second-order valence-corrected chi connectivity index (χ2v) is 11.0. The maximum absolute atomic E-state index is 12.6. The van der Waals surface area contributed by atoms with E-state index in [1.165, 1.54) is 5.56 Å². The number of piperidine rings is 1. The summed E-state index contributed by atoms with van der Waals surface area (Å²) in [6.45, 7) is 9.96. The number of sulfonamides is 1. The van der Waals surface area contributed by atoms with Crippen molar-refractivity contribution in [3.8, 4) is 0 Å². The van der Waals surface area contributed by atoms with Gasteiger partial charge in [-0.05, 0) is 77.4 Å². The monoisotopic (exact) mass is 406 g/mol. The molecule has 0 spiro atoms. The van der Waals surface area contributed by atoms with Gasteiger partial charge in [0.15, 0.2) is 0 Å². The third kappa shape index (κ3) is 5.64. The van der Waals surface area contributed by atoms with Gasteiger partial charge in [0.2, 0.25) is 10.0 Å². The summed E-state index contributed by atoms with van der Waals surface area (Å²) in [6.07, 6.45) is 2.07. The van der Waals surface area contributed by atoms with E-state index >= 15 is 0 Å². The number of nitrogens with one attached hydrogen (secondary N) is 1. The van der Waals surface area contributed by atoms with Crippen LogP contribution >= 0.6 is 11.3 Å². The maximum atomic E-state index is 12.6. The van der Waals surface area contributed by atoms with Gasteiger partial charge in [-0.2, -0.15) is 11.3 Å². The number of benzene rings is 1. The van der Waals surface area contributed by atoms with E-state index in [0.29, 0.717) is 17.4 Å². The first-order valence-corrected chi connectivity index (χ1v) is 12.0. The summed E-state index contributed by atoms with van der Waals surface area (Å²) in [5.74, 6) is 0.410. The molecule has 0 saturated carbocycles. The first kappa shape index (κ1) is 20.5. The number of thiophene rings is 1. The van der Waals surface area contributed by atoms with Crippen LogP contribution in [0.15, 0.2) is 46.0 Å². The highest BCUT2D eigenvalue weighted by atomic mass is 32.2. The summed E-state index contributed by atoms with van der Waals surface area (Å²) >= 11 is 1.74. The normalized spacial score (nSPS) is 17.3. The number of nitrogens with zero attached hydrogens (tertiary/aromatic N) is 1. The third-order valence-corrected chi connectivity index (χ3v) is 7.46. The lowest BCUT2D eigenvalue weighted by atomic mass is 9.87. The second kappa shape index (κ2) is 8.43. The molecule has 0 unspecified atom stereocenters. The fraction of sp³-hybridized carbons (Fsp3) is 0.524. The highest BCUT2D eigenvalue weighted by Gasteiger charge is 2.22. The summed E-state index contributed by atoms with van der Waals surface area (Å²) in [6, 6.07) is 9.43. The zero-order valence-electron chi connectivity index (χ0n) is 16.4. The molecule has 4 nitrogen and oxygen atoms in total. The molecule has 1 N–H and O–H groups in total. The van der Waals surface area contributed by atoms with E-state index in [4.69, 9.17) is 0 Å². The van der Waals surface area contributed by atoms with Crippen LogP contribution in [0, 0.1) is 5.92 Å². The average Bonchev–Trinajstić information content (AvgIpc) is 3.14. The molecule has 1 aromatic carbocycles. The molecule has 0 bridgehead atoms. The molecule has 1 aromatic heterocycles. The number of likely N-dealkylation sites (tertiary alicyclic amines) is 1. The smallest absolute Gasteiger partial charge is 0.240 e. The maximum Gasteiger partial charge on any atom is 0.240 e.